The van der Waals surface area contributed by atoms with Crippen molar-refractivity contribution in [3.63, 3.8) is 0 Å². The number of anilines is 1. The molecule has 22 heavy (non-hydrogen) atoms. The summed E-state index contributed by atoms with van der Waals surface area (Å²) in [5, 5.41) is 14.2. The van der Waals surface area contributed by atoms with Crippen LogP contribution in [-0.2, 0) is 4.74 Å². The van der Waals surface area contributed by atoms with E-state index in [1.165, 1.54) is 6.07 Å². The van der Waals surface area contributed by atoms with Crippen LogP contribution in [-0.4, -0.2) is 48.2 Å². The highest BCUT2D eigenvalue weighted by molar-refractivity contribution is 9.10. The predicted octanol–water partition coefficient (Wildman–Crippen LogP) is 3.27. The fourth-order valence-corrected chi connectivity index (χ4v) is 3.15. The fourth-order valence-electron chi connectivity index (χ4n) is 2.80. The Bertz CT molecular complexity index is 517. The minimum atomic E-state index is -0.363. The van der Waals surface area contributed by atoms with Gasteiger partial charge in [0.1, 0.15) is 5.69 Å². The van der Waals surface area contributed by atoms with Gasteiger partial charge in [-0.15, -0.1) is 0 Å². The Morgan fingerprint density at radius 3 is 2.73 bits per heavy atom. The molecule has 1 aromatic carbocycles. The van der Waals surface area contributed by atoms with Gasteiger partial charge in [0.15, 0.2) is 0 Å². The Labute approximate surface area is 139 Å². The second kappa shape index (κ2) is 7.89. The molecule has 0 saturated carbocycles. The van der Waals surface area contributed by atoms with Gasteiger partial charge in [-0.25, -0.2) is 0 Å². The SMILES string of the molecule is CC1CN(CCCNc2ccc(Br)cc2[N+](=O)[O-])CC(C)O1. The molecule has 6 nitrogen and oxygen atoms in total. The van der Waals surface area contributed by atoms with Crippen LogP contribution in [0.1, 0.15) is 20.3 Å². The Balaban J connectivity index is 1.80. The van der Waals surface area contributed by atoms with Crippen molar-refractivity contribution in [3.8, 4) is 0 Å². The van der Waals surface area contributed by atoms with Gasteiger partial charge < -0.3 is 10.1 Å². The number of nitro groups is 1. The van der Waals surface area contributed by atoms with Crippen LogP contribution in [0, 0.1) is 10.1 Å². The number of morpholine rings is 1. The van der Waals surface area contributed by atoms with Crippen LogP contribution in [0.5, 0.6) is 0 Å². The molecule has 1 fully saturated rings. The molecule has 0 spiro atoms. The van der Waals surface area contributed by atoms with Gasteiger partial charge in [-0.3, -0.25) is 15.0 Å². The third-order valence-corrected chi connectivity index (χ3v) is 4.11. The number of hydrogen-bond donors (Lipinski definition) is 1. The van der Waals surface area contributed by atoms with Gasteiger partial charge in [-0.05, 0) is 32.4 Å². The molecule has 0 amide bonds. The maximum absolute atomic E-state index is 11.0. The Hall–Kier alpha value is -1.18. The van der Waals surface area contributed by atoms with E-state index in [2.05, 4.69) is 40.0 Å². The van der Waals surface area contributed by atoms with Crippen molar-refractivity contribution in [2.75, 3.05) is 31.5 Å². The van der Waals surface area contributed by atoms with Crippen molar-refractivity contribution in [1.82, 2.24) is 4.90 Å². The van der Waals surface area contributed by atoms with Gasteiger partial charge in [0, 0.05) is 36.7 Å². The molecule has 1 N–H and O–H groups in total. The van der Waals surface area contributed by atoms with Gasteiger partial charge in [-0.2, -0.15) is 0 Å². The van der Waals surface area contributed by atoms with Crippen molar-refractivity contribution in [2.24, 2.45) is 0 Å². The number of halogens is 1. The number of nitrogens with one attached hydrogen (secondary N) is 1. The van der Waals surface area contributed by atoms with E-state index in [1.807, 2.05) is 0 Å². The maximum Gasteiger partial charge on any atom is 0.293 e. The lowest BCUT2D eigenvalue weighted by atomic mass is 10.2. The minimum absolute atomic E-state index is 0.1000. The number of nitrogens with zero attached hydrogens (tertiary/aromatic N) is 2. The van der Waals surface area contributed by atoms with Crippen LogP contribution in [0.25, 0.3) is 0 Å². The number of ether oxygens (including phenoxy) is 1. The third-order valence-electron chi connectivity index (χ3n) is 3.62. The molecular weight excluding hydrogens is 350 g/mol. The zero-order chi connectivity index (χ0) is 16.1. The van der Waals surface area contributed by atoms with Gasteiger partial charge >= 0.3 is 0 Å². The van der Waals surface area contributed by atoms with E-state index in [4.69, 9.17) is 4.74 Å². The van der Waals surface area contributed by atoms with Crippen LogP contribution in [0.15, 0.2) is 22.7 Å². The topological polar surface area (TPSA) is 67.6 Å². The highest BCUT2D eigenvalue weighted by Gasteiger charge is 2.21. The first kappa shape index (κ1) is 17.2. The van der Waals surface area contributed by atoms with Crippen LogP contribution in [0.2, 0.25) is 0 Å². The minimum Gasteiger partial charge on any atom is -0.379 e. The molecule has 2 unspecified atom stereocenters. The molecule has 0 radical (unpaired) electrons. The summed E-state index contributed by atoms with van der Waals surface area (Å²) < 4.78 is 6.42. The molecule has 1 aromatic rings. The highest BCUT2D eigenvalue weighted by Crippen LogP contribution is 2.27. The molecule has 0 aliphatic carbocycles. The van der Waals surface area contributed by atoms with Crippen LogP contribution in [0.4, 0.5) is 11.4 Å². The van der Waals surface area contributed by atoms with Crippen molar-refractivity contribution in [2.45, 2.75) is 32.5 Å². The van der Waals surface area contributed by atoms with E-state index < -0.39 is 0 Å². The Morgan fingerprint density at radius 1 is 1.41 bits per heavy atom. The molecular formula is C15H22BrN3O3. The summed E-state index contributed by atoms with van der Waals surface area (Å²) in [5.74, 6) is 0. The predicted molar refractivity (Wildman–Crippen MR) is 90.4 cm³/mol. The van der Waals surface area contributed by atoms with Crippen LogP contribution < -0.4 is 5.32 Å². The molecule has 1 heterocycles. The van der Waals surface area contributed by atoms with Gasteiger partial charge in [0.25, 0.3) is 5.69 Å². The summed E-state index contributed by atoms with van der Waals surface area (Å²) >= 11 is 3.26. The van der Waals surface area contributed by atoms with Crippen LogP contribution in [0.3, 0.4) is 0 Å². The van der Waals surface area contributed by atoms with E-state index in [0.717, 1.165) is 26.1 Å². The Kier molecular flexibility index (Phi) is 6.16. The monoisotopic (exact) mass is 371 g/mol. The lowest BCUT2D eigenvalue weighted by Crippen LogP contribution is -2.45. The zero-order valence-corrected chi connectivity index (χ0v) is 14.5. The van der Waals surface area contributed by atoms with E-state index >= 15 is 0 Å². The molecule has 1 saturated heterocycles. The maximum atomic E-state index is 11.0. The molecule has 2 rings (SSSR count). The summed E-state index contributed by atoms with van der Waals surface area (Å²) in [4.78, 5) is 13.1. The first-order chi connectivity index (χ1) is 10.5. The van der Waals surface area contributed by atoms with Crippen molar-refractivity contribution in [3.05, 3.63) is 32.8 Å². The second-order valence-corrected chi connectivity index (χ2v) is 6.63. The summed E-state index contributed by atoms with van der Waals surface area (Å²) in [7, 11) is 0. The van der Waals surface area contributed by atoms with Gasteiger partial charge in [0.2, 0.25) is 0 Å². The van der Waals surface area contributed by atoms with Gasteiger partial charge in [-0.1, -0.05) is 15.9 Å². The number of hydrogen-bond acceptors (Lipinski definition) is 5. The molecule has 122 valence electrons. The van der Waals surface area contributed by atoms with Crippen molar-refractivity contribution < 1.29 is 9.66 Å². The first-order valence-electron chi connectivity index (χ1n) is 7.51. The summed E-state index contributed by atoms with van der Waals surface area (Å²) in [6.07, 6.45) is 1.47. The number of nitro benzene ring substituents is 1. The summed E-state index contributed by atoms with van der Waals surface area (Å²) in [5.41, 5.74) is 0.667. The normalized spacial score (nSPS) is 22.5. The molecule has 2 atom stereocenters. The van der Waals surface area contributed by atoms with E-state index in [-0.39, 0.29) is 22.8 Å². The molecule has 1 aliphatic rings. The zero-order valence-electron chi connectivity index (χ0n) is 12.9. The van der Waals surface area contributed by atoms with E-state index in [0.29, 0.717) is 16.7 Å². The summed E-state index contributed by atoms with van der Waals surface area (Å²) in [6, 6.07) is 5.06. The molecule has 1 aliphatic heterocycles. The first-order valence-corrected chi connectivity index (χ1v) is 8.30. The average molecular weight is 372 g/mol. The molecule has 0 aromatic heterocycles. The van der Waals surface area contributed by atoms with Crippen molar-refractivity contribution in [1.29, 1.82) is 0 Å². The smallest absolute Gasteiger partial charge is 0.293 e. The lowest BCUT2D eigenvalue weighted by molar-refractivity contribution is -0.384. The number of rotatable bonds is 6. The fraction of sp³-hybridized carbons (Fsp3) is 0.600. The highest BCUT2D eigenvalue weighted by atomic mass is 79.9. The largest absolute Gasteiger partial charge is 0.379 e. The summed E-state index contributed by atoms with van der Waals surface area (Å²) in [6.45, 7) is 7.75. The van der Waals surface area contributed by atoms with E-state index in [1.54, 1.807) is 12.1 Å². The third kappa shape index (κ3) is 4.93. The standard InChI is InChI=1S/C15H22BrN3O3/c1-11-9-18(10-12(2)22-11)7-3-6-17-14-5-4-13(16)8-15(14)19(20)21/h4-5,8,11-12,17H,3,6-7,9-10H2,1-2H3. The second-order valence-electron chi connectivity index (χ2n) is 5.72. The Morgan fingerprint density at radius 2 is 2.09 bits per heavy atom. The molecule has 0 bridgehead atoms. The lowest BCUT2D eigenvalue weighted by Gasteiger charge is -2.35. The van der Waals surface area contributed by atoms with Crippen LogP contribution >= 0.6 is 15.9 Å². The average Bonchev–Trinajstić information content (AvgIpc) is 2.43. The van der Waals surface area contributed by atoms with Crippen molar-refractivity contribution >= 4 is 27.3 Å². The number of benzene rings is 1. The quantitative estimate of drug-likeness (QED) is 0.472. The molecule has 7 heteroatoms. The van der Waals surface area contributed by atoms with E-state index in [9.17, 15) is 10.1 Å². The van der Waals surface area contributed by atoms with Gasteiger partial charge in [0.05, 0.1) is 17.1 Å².